The molecule has 0 saturated carbocycles. The van der Waals surface area contributed by atoms with E-state index in [4.69, 9.17) is 9.47 Å². The van der Waals surface area contributed by atoms with Crippen molar-refractivity contribution >= 4 is 34.4 Å². The summed E-state index contributed by atoms with van der Waals surface area (Å²) < 4.78 is 10.9. The van der Waals surface area contributed by atoms with E-state index in [0.717, 1.165) is 22.1 Å². The van der Waals surface area contributed by atoms with Crippen LogP contribution in [-0.4, -0.2) is 25.5 Å². The molecule has 0 aliphatic carbocycles. The minimum atomic E-state index is -0.447. The Morgan fingerprint density at radius 2 is 1.51 bits per heavy atom. The molecule has 0 aliphatic heterocycles. The number of nitrogens with one attached hydrogen (secondary N) is 2. The fourth-order valence-electron chi connectivity index (χ4n) is 3.67. The quantitative estimate of drug-likeness (QED) is 0.329. The molecule has 0 unspecified atom stereocenters. The number of carbonyl (C=O) groups excluding carboxylic acids is 2. The average Bonchev–Trinajstić information content (AvgIpc) is 2.90. The molecule has 6 heteroatoms. The number of anilines is 1. The van der Waals surface area contributed by atoms with Crippen LogP contribution in [0.15, 0.2) is 96.7 Å². The largest absolute Gasteiger partial charge is 0.497 e. The van der Waals surface area contributed by atoms with Crippen molar-refractivity contribution in [3.63, 3.8) is 0 Å². The maximum atomic E-state index is 13.3. The predicted octanol–water partition coefficient (Wildman–Crippen LogP) is 5.66. The number of carbonyl (C=O) groups is 2. The predicted molar refractivity (Wildman–Crippen MR) is 139 cm³/mol. The van der Waals surface area contributed by atoms with Gasteiger partial charge in [0.25, 0.3) is 11.8 Å². The number of rotatable bonds is 8. The highest BCUT2D eigenvalue weighted by atomic mass is 16.5. The lowest BCUT2D eigenvalue weighted by atomic mass is 10.0. The average molecular weight is 467 g/mol. The van der Waals surface area contributed by atoms with E-state index in [2.05, 4.69) is 10.6 Å². The zero-order valence-electron chi connectivity index (χ0n) is 19.6. The van der Waals surface area contributed by atoms with Gasteiger partial charge in [0, 0.05) is 16.6 Å². The Kier molecular flexibility index (Phi) is 7.43. The van der Waals surface area contributed by atoms with Crippen molar-refractivity contribution in [3.8, 4) is 11.5 Å². The Morgan fingerprint density at radius 1 is 0.829 bits per heavy atom. The molecule has 2 amide bonds. The van der Waals surface area contributed by atoms with E-state index in [0.29, 0.717) is 23.6 Å². The Morgan fingerprint density at radius 3 is 2.20 bits per heavy atom. The highest BCUT2D eigenvalue weighted by molar-refractivity contribution is 6.11. The van der Waals surface area contributed by atoms with Crippen molar-refractivity contribution in [2.45, 2.75) is 6.92 Å². The Balaban J connectivity index is 1.72. The van der Waals surface area contributed by atoms with E-state index >= 15 is 0 Å². The van der Waals surface area contributed by atoms with E-state index in [9.17, 15) is 9.59 Å². The van der Waals surface area contributed by atoms with Crippen molar-refractivity contribution in [1.29, 1.82) is 0 Å². The number of hydrogen-bond acceptors (Lipinski definition) is 4. The molecular formula is C29H26N2O4. The third kappa shape index (κ3) is 5.68. The highest BCUT2D eigenvalue weighted by Gasteiger charge is 2.16. The molecule has 0 heterocycles. The molecule has 0 aromatic heterocycles. The van der Waals surface area contributed by atoms with Crippen molar-refractivity contribution in [1.82, 2.24) is 5.32 Å². The summed E-state index contributed by atoms with van der Waals surface area (Å²) in [7, 11) is 1.58. The van der Waals surface area contributed by atoms with Gasteiger partial charge < -0.3 is 20.1 Å². The van der Waals surface area contributed by atoms with Crippen LogP contribution in [0.25, 0.3) is 16.8 Å². The van der Waals surface area contributed by atoms with Crippen molar-refractivity contribution < 1.29 is 19.1 Å². The van der Waals surface area contributed by atoms with Gasteiger partial charge in [0.15, 0.2) is 0 Å². The standard InChI is InChI=1S/C29H26N2O4/c1-3-35-27-18-13-21(24-11-7-8-12-25(24)27)19-26(31-28(32)20-9-5-4-6-10-20)29(33)30-22-14-16-23(34-2)17-15-22/h4-19H,3H2,1-2H3,(H,30,33)(H,31,32)/b26-19-. The van der Waals surface area contributed by atoms with Gasteiger partial charge >= 0.3 is 0 Å². The lowest BCUT2D eigenvalue weighted by Crippen LogP contribution is -2.30. The molecule has 35 heavy (non-hydrogen) atoms. The van der Waals surface area contributed by atoms with E-state index in [1.54, 1.807) is 61.7 Å². The zero-order valence-corrected chi connectivity index (χ0v) is 19.6. The van der Waals surface area contributed by atoms with Crippen LogP contribution in [0, 0.1) is 0 Å². The monoisotopic (exact) mass is 466 g/mol. The van der Waals surface area contributed by atoms with E-state index in [-0.39, 0.29) is 11.6 Å². The number of fused-ring (bicyclic) bond motifs is 1. The molecule has 0 aliphatic rings. The summed E-state index contributed by atoms with van der Waals surface area (Å²) >= 11 is 0. The first-order valence-corrected chi connectivity index (χ1v) is 11.3. The summed E-state index contributed by atoms with van der Waals surface area (Å²) in [5, 5.41) is 7.46. The lowest BCUT2D eigenvalue weighted by Gasteiger charge is -2.13. The maximum Gasteiger partial charge on any atom is 0.272 e. The van der Waals surface area contributed by atoms with Crippen molar-refractivity contribution in [2.24, 2.45) is 0 Å². The van der Waals surface area contributed by atoms with E-state index in [1.807, 2.05) is 49.4 Å². The second-order valence-corrected chi connectivity index (χ2v) is 7.69. The first-order valence-electron chi connectivity index (χ1n) is 11.3. The van der Waals surface area contributed by atoms with Crippen molar-refractivity contribution in [2.75, 3.05) is 19.0 Å². The molecule has 0 bridgehead atoms. The maximum absolute atomic E-state index is 13.3. The van der Waals surface area contributed by atoms with Gasteiger partial charge in [-0.25, -0.2) is 0 Å². The molecule has 4 rings (SSSR count). The minimum Gasteiger partial charge on any atom is -0.497 e. The lowest BCUT2D eigenvalue weighted by molar-refractivity contribution is -0.113. The van der Waals surface area contributed by atoms with Gasteiger partial charge in [0.05, 0.1) is 13.7 Å². The zero-order chi connectivity index (χ0) is 24.6. The minimum absolute atomic E-state index is 0.115. The summed E-state index contributed by atoms with van der Waals surface area (Å²) in [5.74, 6) is 0.615. The van der Waals surface area contributed by atoms with Crippen LogP contribution in [0.4, 0.5) is 5.69 Å². The second-order valence-electron chi connectivity index (χ2n) is 7.69. The molecule has 0 fully saturated rings. The number of ether oxygens (including phenoxy) is 2. The Hall–Kier alpha value is -4.58. The molecule has 0 saturated heterocycles. The molecule has 0 radical (unpaired) electrons. The van der Waals surface area contributed by atoms with Crippen LogP contribution in [0.3, 0.4) is 0 Å². The van der Waals surface area contributed by atoms with Crippen LogP contribution in [0.5, 0.6) is 11.5 Å². The second kappa shape index (κ2) is 11.0. The summed E-state index contributed by atoms with van der Waals surface area (Å²) in [6.07, 6.45) is 1.68. The fourth-order valence-corrected chi connectivity index (χ4v) is 3.67. The number of amides is 2. The van der Waals surface area contributed by atoms with Gasteiger partial charge in [0.1, 0.15) is 17.2 Å². The Labute approximate surface area is 204 Å². The SMILES string of the molecule is CCOc1ccc(/C=C(\NC(=O)c2ccccc2)C(=O)Nc2ccc(OC)cc2)c2ccccc12. The topological polar surface area (TPSA) is 76.7 Å². The number of hydrogen-bond donors (Lipinski definition) is 2. The van der Waals surface area contributed by atoms with Gasteiger partial charge in [-0.2, -0.15) is 0 Å². The van der Waals surface area contributed by atoms with Crippen LogP contribution in [-0.2, 0) is 4.79 Å². The van der Waals surface area contributed by atoms with Gasteiger partial charge in [-0.15, -0.1) is 0 Å². The normalized spacial score (nSPS) is 11.1. The van der Waals surface area contributed by atoms with E-state index in [1.165, 1.54) is 0 Å². The number of benzene rings is 4. The first-order chi connectivity index (χ1) is 17.1. The third-order valence-electron chi connectivity index (χ3n) is 5.39. The van der Waals surface area contributed by atoms with E-state index < -0.39 is 5.91 Å². The third-order valence-corrected chi connectivity index (χ3v) is 5.39. The van der Waals surface area contributed by atoms with Crippen LogP contribution < -0.4 is 20.1 Å². The molecule has 176 valence electrons. The van der Waals surface area contributed by atoms with Crippen molar-refractivity contribution in [3.05, 3.63) is 108 Å². The Bertz CT molecular complexity index is 1360. The fraction of sp³-hybridized carbons (Fsp3) is 0.103. The molecular weight excluding hydrogens is 440 g/mol. The molecule has 0 atom stereocenters. The highest BCUT2D eigenvalue weighted by Crippen LogP contribution is 2.30. The van der Waals surface area contributed by atoms with Gasteiger partial charge in [0.2, 0.25) is 0 Å². The first kappa shape index (κ1) is 23.6. The van der Waals surface area contributed by atoms with Crippen LogP contribution >= 0.6 is 0 Å². The summed E-state index contributed by atoms with van der Waals surface area (Å²) in [5.41, 5.74) is 1.92. The molecule has 2 N–H and O–H groups in total. The number of methoxy groups -OCH3 is 1. The summed E-state index contributed by atoms with van der Waals surface area (Å²) in [6, 6.07) is 27.3. The van der Waals surface area contributed by atoms with Crippen LogP contribution in [0.2, 0.25) is 0 Å². The van der Waals surface area contributed by atoms with Gasteiger partial charge in [-0.1, -0.05) is 48.5 Å². The van der Waals surface area contributed by atoms with Gasteiger partial charge in [-0.3, -0.25) is 9.59 Å². The summed E-state index contributed by atoms with van der Waals surface area (Å²) in [6.45, 7) is 2.48. The van der Waals surface area contributed by atoms with Crippen LogP contribution in [0.1, 0.15) is 22.8 Å². The smallest absolute Gasteiger partial charge is 0.272 e. The molecule has 4 aromatic rings. The molecule has 0 spiro atoms. The summed E-state index contributed by atoms with van der Waals surface area (Å²) in [4.78, 5) is 26.2. The molecule has 6 nitrogen and oxygen atoms in total. The molecule has 4 aromatic carbocycles. The van der Waals surface area contributed by atoms with Gasteiger partial charge in [-0.05, 0) is 66.4 Å².